The number of nitrogens with zero attached hydrogens (tertiary/aromatic N) is 2. The number of hydrogen-bond acceptors (Lipinski definition) is 0. The average Bonchev–Trinajstić information content (AvgIpc) is 3.24. The molecule has 0 bridgehead atoms. The zero-order valence-corrected chi connectivity index (χ0v) is 24.1. The van der Waals surface area contributed by atoms with Gasteiger partial charge in [0, 0.05) is 0 Å². The highest BCUT2D eigenvalue weighted by Crippen LogP contribution is 2.16. The summed E-state index contributed by atoms with van der Waals surface area (Å²) in [6.07, 6.45) is 36.1. The maximum atomic E-state index is 2.54. The van der Waals surface area contributed by atoms with Crippen molar-refractivity contribution in [2.45, 2.75) is 188 Å². The second kappa shape index (κ2) is 22.7. The molecule has 0 radical (unpaired) electrons. The van der Waals surface area contributed by atoms with Crippen LogP contribution < -0.4 is 4.57 Å². The van der Waals surface area contributed by atoms with Gasteiger partial charge in [-0.2, -0.15) is 0 Å². The molecule has 0 atom stereocenters. The predicted octanol–water partition coefficient (Wildman–Crippen LogP) is 10.5. The van der Waals surface area contributed by atoms with Gasteiger partial charge in [0.15, 0.2) is 0 Å². The van der Waals surface area contributed by atoms with Crippen LogP contribution in [0.3, 0.4) is 0 Å². The summed E-state index contributed by atoms with van der Waals surface area (Å²) in [5, 5.41) is 0. The lowest BCUT2D eigenvalue weighted by Gasteiger charge is -2.08. The van der Waals surface area contributed by atoms with E-state index in [1.807, 2.05) is 0 Å². The molecule has 0 aliphatic carbocycles. The summed E-state index contributed by atoms with van der Waals surface area (Å²) in [6, 6.07) is 0. The highest BCUT2D eigenvalue weighted by molar-refractivity contribution is 4.89. The van der Waals surface area contributed by atoms with Crippen molar-refractivity contribution in [2.24, 2.45) is 0 Å². The Kier molecular flexibility index (Phi) is 20.8. The van der Waals surface area contributed by atoms with Crippen molar-refractivity contribution in [3.05, 3.63) is 18.2 Å². The lowest BCUT2D eigenvalue weighted by molar-refractivity contribution is -0.705. The first-order valence-corrected chi connectivity index (χ1v) is 15.8. The van der Waals surface area contributed by atoms with Crippen LogP contribution in [0.4, 0.5) is 0 Å². The summed E-state index contributed by atoms with van der Waals surface area (Å²) < 4.78 is 5.08. The van der Waals surface area contributed by atoms with Gasteiger partial charge in [0.2, 0.25) is 0 Å². The van der Waals surface area contributed by atoms with Gasteiger partial charge in [-0.1, -0.05) is 143 Å². The van der Waals surface area contributed by atoms with E-state index < -0.39 is 0 Å². The molecule has 0 spiro atoms. The van der Waals surface area contributed by atoms with E-state index in [-0.39, 0.29) is 0 Å². The Morgan fingerprint density at radius 2 is 0.941 bits per heavy atom. The van der Waals surface area contributed by atoms with E-state index in [9.17, 15) is 0 Å². The average molecular weight is 476 g/mol. The van der Waals surface area contributed by atoms with Crippen molar-refractivity contribution in [3.8, 4) is 0 Å². The third-order valence-electron chi connectivity index (χ3n) is 7.54. The van der Waals surface area contributed by atoms with E-state index in [4.69, 9.17) is 0 Å². The molecular formula is C32H63N2+. The largest absolute Gasteiger partial charge is 0.258 e. The van der Waals surface area contributed by atoms with Gasteiger partial charge < -0.3 is 0 Å². The summed E-state index contributed by atoms with van der Waals surface area (Å²) in [7, 11) is 0. The summed E-state index contributed by atoms with van der Waals surface area (Å²) in [6.45, 7) is 11.7. The molecule has 1 rings (SSSR count). The van der Waals surface area contributed by atoms with Crippen LogP contribution in [0.1, 0.15) is 181 Å². The van der Waals surface area contributed by atoms with Crippen LogP contribution in [0.25, 0.3) is 0 Å². The second-order valence-corrected chi connectivity index (χ2v) is 11.3. The zero-order chi connectivity index (χ0) is 24.7. The summed E-state index contributed by atoms with van der Waals surface area (Å²) in [4.78, 5) is 0. The molecule has 0 aliphatic rings. The van der Waals surface area contributed by atoms with Crippen LogP contribution in [0, 0.1) is 0 Å². The van der Waals surface area contributed by atoms with Gasteiger partial charge in [-0.25, -0.2) is 9.13 Å². The van der Waals surface area contributed by atoms with E-state index in [2.05, 4.69) is 49.2 Å². The Bertz CT molecular complexity index is 545. The van der Waals surface area contributed by atoms with Crippen molar-refractivity contribution < 1.29 is 4.57 Å². The standard InChI is InChI=1S/C32H63N2/c1-5-7-9-11-12-13-14-15-16-17-18-19-20-21-22-24-26-28-34-30-29-33(32(34)31(3)4)27-25-23-10-8-6-2/h29-31H,5-28H2,1-4H3/q+1. The maximum Gasteiger partial charge on any atom is 0.258 e. The van der Waals surface area contributed by atoms with E-state index in [0.717, 1.165) is 0 Å². The molecule has 0 unspecified atom stereocenters. The molecule has 2 nitrogen and oxygen atoms in total. The van der Waals surface area contributed by atoms with Crippen LogP contribution >= 0.6 is 0 Å². The van der Waals surface area contributed by atoms with E-state index >= 15 is 0 Å². The van der Waals surface area contributed by atoms with Crippen molar-refractivity contribution in [3.63, 3.8) is 0 Å². The zero-order valence-electron chi connectivity index (χ0n) is 24.1. The smallest absolute Gasteiger partial charge is 0.234 e. The fraction of sp³-hybridized carbons (Fsp3) is 0.906. The quantitative estimate of drug-likeness (QED) is 0.0981. The van der Waals surface area contributed by atoms with Crippen LogP contribution in [-0.4, -0.2) is 4.57 Å². The number of aryl methyl sites for hydroxylation is 2. The van der Waals surface area contributed by atoms with Crippen molar-refractivity contribution in [1.29, 1.82) is 0 Å². The second-order valence-electron chi connectivity index (χ2n) is 11.3. The minimum Gasteiger partial charge on any atom is -0.234 e. The fourth-order valence-electron chi connectivity index (χ4n) is 5.41. The summed E-state index contributed by atoms with van der Waals surface area (Å²) in [5.74, 6) is 2.14. The molecule has 1 aromatic rings. The monoisotopic (exact) mass is 475 g/mol. The van der Waals surface area contributed by atoms with Crippen molar-refractivity contribution in [1.82, 2.24) is 4.57 Å². The van der Waals surface area contributed by atoms with Crippen LogP contribution in [0.2, 0.25) is 0 Å². The molecule has 0 aromatic carbocycles. The van der Waals surface area contributed by atoms with Crippen molar-refractivity contribution in [2.75, 3.05) is 0 Å². The first-order valence-electron chi connectivity index (χ1n) is 15.8. The van der Waals surface area contributed by atoms with Crippen molar-refractivity contribution >= 4 is 0 Å². The number of rotatable bonds is 25. The Morgan fingerprint density at radius 1 is 0.559 bits per heavy atom. The lowest BCUT2D eigenvalue weighted by Crippen LogP contribution is -2.38. The van der Waals surface area contributed by atoms with E-state index in [1.165, 1.54) is 160 Å². The van der Waals surface area contributed by atoms with E-state index in [0.29, 0.717) is 5.92 Å². The molecule has 2 heteroatoms. The lowest BCUT2D eigenvalue weighted by atomic mass is 10.0. The van der Waals surface area contributed by atoms with Gasteiger partial charge >= 0.3 is 0 Å². The SMILES string of the molecule is CCCCCCCCCCCCCCCCCCCn1cc[n+](CCCCCCC)c1C(C)C. The van der Waals surface area contributed by atoms with Gasteiger partial charge in [0.05, 0.1) is 19.0 Å². The number of unbranched alkanes of at least 4 members (excludes halogenated alkanes) is 20. The number of hydrogen-bond donors (Lipinski definition) is 0. The Balaban J connectivity index is 1.99. The Hall–Kier alpha value is -0.790. The molecule has 0 fully saturated rings. The number of imidazole rings is 1. The van der Waals surface area contributed by atoms with Gasteiger partial charge in [-0.05, 0) is 25.7 Å². The molecule has 0 N–H and O–H groups in total. The highest BCUT2D eigenvalue weighted by Gasteiger charge is 2.19. The van der Waals surface area contributed by atoms with Gasteiger partial charge in [0.25, 0.3) is 5.82 Å². The third kappa shape index (κ3) is 16.0. The first kappa shape index (κ1) is 31.2. The molecule has 34 heavy (non-hydrogen) atoms. The van der Waals surface area contributed by atoms with Crippen LogP contribution in [0.15, 0.2) is 12.4 Å². The summed E-state index contributed by atoms with van der Waals surface area (Å²) >= 11 is 0. The first-order chi connectivity index (χ1) is 16.7. The molecule has 0 saturated carbocycles. The number of aromatic nitrogens is 2. The molecule has 1 aromatic heterocycles. The van der Waals surface area contributed by atoms with E-state index in [1.54, 1.807) is 0 Å². The van der Waals surface area contributed by atoms with Crippen LogP contribution in [0.5, 0.6) is 0 Å². The predicted molar refractivity (Wildman–Crippen MR) is 152 cm³/mol. The van der Waals surface area contributed by atoms with Gasteiger partial charge in [-0.3, -0.25) is 0 Å². The Labute approximate surface area is 215 Å². The minimum atomic E-state index is 0.608. The highest BCUT2D eigenvalue weighted by atomic mass is 15.1. The maximum absolute atomic E-state index is 2.54. The normalized spacial score (nSPS) is 11.7. The topological polar surface area (TPSA) is 8.81 Å². The molecule has 200 valence electrons. The third-order valence-corrected chi connectivity index (χ3v) is 7.54. The van der Waals surface area contributed by atoms with Gasteiger partial charge in [0.1, 0.15) is 12.4 Å². The van der Waals surface area contributed by atoms with Gasteiger partial charge in [-0.15, -0.1) is 0 Å². The summed E-state index contributed by atoms with van der Waals surface area (Å²) in [5.41, 5.74) is 0. The molecule has 0 amide bonds. The molecular weight excluding hydrogens is 412 g/mol. The molecule has 0 saturated heterocycles. The molecule has 0 aliphatic heterocycles. The minimum absolute atomic E-state index is 0.608. The Morgan fingerprint density at radius 3 is 1.35 bits per heavy atom. The fourth-order valence-corrected chi connectivity index (χ4v) is 5.41. The molecule has 1 heterocycles. The van der Waals surface area contributed by atoms with Crippen LogP contribution in [-0.2, 0) is 13.1 Å².